The first-order valence-corrected chi connectivity index (χ1v) is 15.0. The molecule has 2 aromatic rings. The van der Waals surface area contributed by atoms with E-state index in [0.29, 0.717) is 58.5 Å². The number of benzene rings is 2. The summed E-state index contributed by atoms with van der Waals surface area (Å²) in [5.74, 6) is -0.359. The molecule has 1 N–H and O–H groups in total. The number of amides is 2. The molecular formula is C33H46N2O8. The third-order valence-corrected chi connectivity index (χ3v) is 6.97. The summed E-state index contributed by atoms with van der Waals surface area (Å²) in [5.41, 5.74) is 1.42. The van der Waals surface area contributed by atoms with Gasteiger partial charge in [0.25, 0.3) is 0 Å². The molecule has 236 valence electrons. The lowest BCUT2D eigenvalue weighted by atomic mass is 10.1. The minimum Gasteiger partial charge on any atom is -0.458 e. The summed E-state index contributed by atoms with van der Waals surface area (Å²) < 4.78 is 21.7. The van der Waals surface area contributed by atoms with Gasteiger partial charge in [0.05, 0.1) is 12.2 Å². The molecule has 2 aliphatic rings. The lowest BCUT2D eigenvalue weighted by Gasteiger charge is -2.32. The van der Waals surface area contributed by atoms with Gasteiger partial charge in [-0.25, -0.2) is 14.4 Å². The van der Waals surface area contributed by atoms with Crippen LogP contribution in [0.15, 0.2) is 60.7 Å². The van der Waals surface area contributed by atoms with Gasteiger partial charge in [-0.1, -0.05) is 60.7 Å². The Balaban J connectivity index is 0.000000257. The van der Waals surface area contributed by atoms with Crippen molar-refractivity contribution in [3.8, 4) is 0 Å². The van der Waals surface area contributed by atoms with E-state index in [2.05, 4.69) is 0 Å². The molecule has 0 spiro atoms. The van der Waals surface area contributed by atoms with E-state index < -0.39 is 11.7 Å². The molecule has 2 amide bonds. The van der Waals surface area contributed by atoms with Gasteiger partial charge in [-0.3, -0.25) is 0 Å². The topological polar surface area (TPSA) is 115 Å². The molecule has 0 radical (unpaired) electrons. The van der Waals surface area contributed by atoms with Gasteiger partial charge in [0.15, 0.2) is 6.10 Å². The van der Waals surface area contributed by atoms with Crippen molar-refractivity contribution in [3.05, 3.63) is 71.8 Å². The minimum absolute atomic E-state index is 0.0595. The summed E-state index contributed by atoms with van der Waals surface area (Å²) in [4.78, 5) is 39.2. The normalized spacial score (nSPS) is 16.9. The van der Waals surface area contributed by atoms with E-state index in [0.717, 1.165) is 11.1 Å². The summed E-state index contributed by atoms with van der Waals surface area (Å²) in [6, 6.07) is 19.2. The Labute approximate surface area is 254 Å². The van der Waals surface area contributed by atoms with Gasteiger partial charge < -0.3 is 33.9 Å². The molecule has 1 unspecified atom stereocenters. The first-order valence-electron chi connectivity index (χ1n) is 15.0. The summed E-state index contributed by atoms with van der Waals surface area (Å²) in [6.07, 6.45) is 1.08. The third-order valence-electron chi connectivity index (χ3n) is 6.97. The van der Waals surface area contributed by atoms with Crippen LogP contribution in [0, 0.1) is 0 Å². The number of rotatable bonds is 7. The molecule has 0 aromatic heterocycles. The lowest BCUT2D eigenvalue weighted by Crippen LogP contribution is -2.43. The first-order chi connectivity index (χ1) is 20.5. The molecule has 2 saturated heterocycles. The Kier molecular flexibility index (Phi) is 13.3. The summed E-state index contributed by atoms with van der Waals surface area (Å²) in [6.45, 7) is 10.0. The van der Waals surface area contributed by atoms with Gasteiger partial charge in [-0.2, -0.15) is 0 Å². The van der Waals surface area contributed by atoms with Gasteiger partial charge >= 0.3 is 18.2 Å². The molecule has 0 saturated carbocycles. The number of nitrogens with zero attached hydrogens (tertiary/aromatic N) is 2. The predicted molar refractivity (Wildman–Crippen MR) is 161 cm³/mol. The van der Waals surface area contributed by atoms with Crippen LogP contribution in [-0.2, 0) is 37.0 Å². The van der Waals surface area contributed by atoms with Gasteiger partial charge in [0.1, 0.15) is 18.8 Å². The number of likely N-dealkylation sites (tertiary alicyclic amines) is 2. The molecule has 10 heteroatoms. The highest BCUT2D eigenvalue weighted by atomic mass is 16.6. The molecule has 2 aliphatic heterocycles. The van der Waals surface area contributed by atoms with Gasteiger partial charge in [0, 0.05) is 26.2 Å². The van der Waals surface area contributed by atoms with Crippen molar-refractivity contribution in [2.75, 3.05) is 26.2 Å². The van der Waals surface area contributed by atoms with Crippen molar-refractivity contribution in [1.29, 1.82) is 0 Å². The number of carbonyl (C=O) groups is 3. The number of hydrogen-bond donors (Lipinski definition) is 1. The number of hydrogen-bond acceptors (Lipinski definition) is 8. The second kappa shape index (κ2) is 16.9. The fourth-order valence-corrected chi connectivity index (χ4v) is 4.57. The number of esters is 1. The van der Waals surface area contributed by atoms with E-state index in [9.17, 15) is 19.5 Å². The molecule has 1 atom stereocenters. The van der Waals surface area contributed by atoms with Gasteiger partial charge in [0.2, 0.25) is 0 Å². The molecule has 2 fully saturated rings. The van der Waals surface area contributed by atoms with Crippen LogP contribution in [0.5, 0.6) is 0 Å². The van der Waals surface area contributed by atoms with E-state index in [-0.39, 0.29) is 37.0 Å². The summed E-state index contributed by atoms with van der Waals surface area (Å²) in [7, 11) is 0. The molecular weight excluding hydrogens is 552 g/mol. The van der Waals surface area contributed by atoms with Crippen LogP contribution in [0.2, 0.25) is 0 Å². The molecule has 4 rings (SSSR count). The molecule has 0 aliphatic carbocycles. The number of piperidine rings is 2. The Bertz CT molecular complexity index is 1120. The summed E-state index contributed by atoms with van der Waals surface area (Å²) in [5, 5.41) is 9.34. The summed E-state index contributed by atoms with van der Waals surface area (Å²) >= 11 is 0. The molecule has 2 heterocycles. The number of carbonyl (C=O) groups excluding carboxylic acids is 3. The molecule has 43 heavy (non-hydrogen) atoms. The van der Waals surface area contributed by atoms with Crippen LogP contribution in [-0.4, -0.2) is 83.2 Å². The Morgan fingerprint density at radius 1 is 0.767 bits per heavy atom. The Hall–Kier alpha value is -3.63. The van der Waals surface area contributed by atoms with Gasteiger partial charge in [-0.15, -0.1) is 0 Å². The van der Waals surface area contributed by atoms with Crippen molar-refractivity contribution in [2.24, 2.45) is 0 Å². The zero-order valence-electron chi connectivity index (χ0n) is 25.8. The highest BCUT2D eigenvalue weighted by Crippen LogP contribution is 2.19. The number of ether oxygens (including phenoxy) is 4. The van der Waals surface area contributed by atoms with Crippen molar-refractivity contribution < 1.29 is 38.4 Å². The van der Waals surface area contributed by atoms with Crippen molar-refractivity contribution in [3.63, 3.8) is 0 Å². The zero-order chi connectivity index (χ0) is 31.2. The van der Waals surface area contributed by atoms with Crippen molar-refractivity contribution in [2.45, 2.75) is 90.5 Å². The van der Waals surface area contributed by atoms with E-state index in [1.54, 1.807) is 16.7 Å². The second-order valence-corrected chi connectivity index (χ2v) is 11.8. The average Bonchev–Trinajstić information content (AvgIpc) is 3.00. The maximum atomic E-state index is 12.2. The third kappa shape index (κ3) is 12.6. The number of aliphatic hydroxyl groups is 1. The fourth-order valence-electron chi connectivity index (χ4n) is 4.57. The van der Waals surface area contributed by atoms with Crippen molar-refractivity contribution >= 4 is 18.2 Å². The average molecular weight is 599 g/mol. The minimum atomic E-state index is -0.615. The molecule has 0 bridgehead atoms. The Morgan fingerprint density at radius 3 is 1.60 bits per heavy atom. The van der Waals surface area contributed by atoms with E-state index in [4.69, 9.17) is 18.9 Å². The SMILES string of the molecule is CC(OC1CCN(C(=O)OCc2ccccc2)CC1)C(=O)OC(C)(C)C.O=C(OCc1ccccc1)N1CCC(O)CC1. The van der Waals surface area contributed by atoms with Crippen LogP contribution in [0.1, 0.15) is 64.5 Å². The van der Waals surface area contributed by atoms with Crippen molar-refractivity contribution in [1.82, 2.24) is 9.80 Å². The Morgan fingerprint density at radius 2 is 1.19 bits per heavy atom. The van der Waals surface area contributed by atoms with E-state index >= 15 is 0 Å². The monoisotopic (exact) mass is 598 g/mol. The first kappa shape index (κ1) is 33.9. The van der Waals surface area contributed by atoms with Crippen LogP contribution >= 0.6 is 0 Å². The number of aliphatic hydroxyl groups excluding tert-OH is 1. The lowest BCUT2D eigenvalue weighted by molar-refractivity contribution is -0.172. The van der Waals surface area contributed by atoms with Crippen LogP contribution in [0.4, 0.5) is 9.59 Å². The standard InChI is InChI=1S/C20H29NO5.C13H17NO3/c1-15(18(22)26-20(2,3)4)25-17-10-12-21(13-11-17)19(23)24-14-16-8-6-5-7-9-16;15-12-6-8-14(9-7-12)13(16)17-10-11-4-2-1-3-5-11/h5-9,15,17H,10-14H2,1-4H3;1-5,12,15H,6-10H2. The maximum absolute atomic E-state index is 12.2. The van der Waals surface area contributed by atoms with E-state index in [1.807, 2.05) is 81.4 Å². The fraction of sp³-hybridized carbons (Fsp3) is 0.545. The highest BCUT2D eigenvalue weighted by molar-refractivity contribution is 5.74. The quantitative estimate of drug-likeness (QED) is 0.337. The second-order valence-electron chi connectivity index (χ2n) is 11.8. The van der Waals surface area contributed by atoms with Gasteiger partial charge in [-0.05, 0) is 64.5 Å². The van der Waals surface area contributed by atoms with E-state index in [1.165, 1.54) is 0 Å². The molecule has 2 aromatic carbocycles. The largest absolute Gasteiger partial charge is 0.458 e. The van der Waals surface area contributed by atoms with Crippen LogP contribution in [0.25, 0.3) is 0 Å². The maximum Gasteiger partial charge on any atom is 0.410 e. The smallest absolute Gasteiger partial charge is 0.410 e. The molecule has 10 nitrogen and oxygen atoms in total. The van der Waals surface area contributed by atoms with Crippen LogP contribution in [0.3, 0.4) is 0 Å². The highest BCUT2D eigenvalue weighted by Gasteiger charge is 2.29. The predicted octanol–water partition coefficient (Wildman–Crippen LogP) is 5.31. The van der Waals surface area contributed by atoms with Crippen LogP contribution < -0.4 is 0 Å². The zero-order valence-corrected chi connectivity index (χ0v) is 25.8.